The minimum absolute atomic E-state index is 0.416. The van der Waals surface area contributed by atoms with E-state index in [0.29, 0.717) is 5.92 Å². The molecule has 0 saturated carbocycles. The second-order valence-corrected chi connectivity index (χ2v) is 8.27. The lowest BCUT2D eigenvalue weighted by molar-refractivity contribution is 0.413. The van der Waals surface area contributed by atoms with Gasteiger partial charge in [0.05, 0.1) is 24.8 Å². The lowest BCUT2D eigenvalue weighted by Crippen LogP contribution is -2.18. The second kappa shape index (κ2) is 8.83. The molecule has 32 heavy (non-hydrogen) atoms. The van der Waals surface area contributed by atoms with E-state index in [4.69, 9.17) is 14.8 Å². The van der Waals surface area contributed by atoms with Crippen LogP contribution in [0.2, 0.25) is 0 Å². The fourth-order valence-corrected chi connectivity index (χ4v) is 4.35. The highest BCUT2D eigenvalue weighted by atomic mass is 16.5. The summed E-state index contributed by atoms with van der Waals surface area (Å²) in [5, 5.41) is 4.74. The van der Waals surface area contributed by atoms with Crippen molar-refractivity contribution in [2.24, 2.45) is 0 Å². The van der Waals surface area contributed by atoms with E-state index in [1.54, 1.807) is 13.4 Å². The fraction of sp³-hybridized carbons (Fsp3) is 0.269. The standard InChI is InChI=1S/C26H27N5O/c1-19-17-30(18-27-19)23-12-10-21(16-24(23)32-2)11-13-25-28-26-22(9-6-14-31(26)29-25)15-20-7-4-3-5-8-20/h3-5,7-8,10-13,16-18,22H,6,9,14-15H2,1-2H3/b13-11+/t22-/m0/s1. The van der Waals surface area contributed by atoms with Gasteiger partial charge < -0.3 is 9.30 Å². The molecule has 5 rings (SSSR count). The van der Waals surface area contributed by atoms with Gasteiger partial charge in [-0.3, -0.25) is 0 Å². The summed E-state index contributed by atoms with van der Waals surface area (Å²) in [4.78, 5) is 9.18. The molecule has 1 aliphatic rings. The third kappa shape index (κ3) is 4.21. The largest absolute Gasteiger partial charge is 0.495 e. The third-order valence-corrected chi connectivity index (χ3v) is 5.95. The molecular formula is C26H27N5O. The Bertz CT molecular complexity index is 1240. The number of fused-ring (bicyclic) bond motifs is 1. The third-order valence-electron chi connectivity index (χ3n) is 5.95. The van der Waals surface area contributed by atoms with E-state index in [1.165, 1.54) is 5.56 Å². The van der Waals surface area contributed by atoms with Gasteiger partial charge in [-0.1, -0.05) is 42.5 Å². The highest BCUT2D eigenvalue weighted by molar-refractivity contribution is 5.69. The van der Waals surface area contributed by atoms with E-state index in [1.807, 2.05) is 42.0 Å². The highest BCUT2D eigenvalue weighted by Crippen LogP contribution is 2.30. The number of methoxy groups -OCH3 is 1. The predicted molar refractivity (Wildman–Crippen MR) is 126 cm³/mol. The van der Waals surface area contributed by atoms with Crippen molar-refractivity contribution in [1.29, 1.82) is 0 Å². The van der Waals surface area contributed by atoms with Crippen LogP contribution in [0.15, 0.2) is 61.1 Å². The Balaban J connectivity index is 1.36. The van der Waals surface area contributed by atoms with E-state index in [2.05, 4.69) is 46.1 Å². The molecule has 3 heterocycles. The Morgan fingerprint density at radius 3 is 2.78 bits per heavy atom. The SMILES string of the molecule is COc1cc(/C=C/c2nc3n(n2)CCC[C@H]3Cc2ccccc2)ccc1-n1cnc(C)c1. The van der Waals surface area contributed by atoms with Crippen LogP contribution in [0.5, 0.6) is 5.75 Å². The smallest absolute Gasteiger partial charge is 0.174 e. The van der Waals surface area contributed by atoms with Crippen molar-refractivity contribution in [1.82, 2.24) is 24.3 Å². The molecule has 0 radical (unpaired) electrons. The average Bonchev–Trinajstić information content (AvgIpc) is 3.44. The molecule has 4 aromatic rings. The summed E-state index contributed by atoms with van der Waals surface area (Å²) in [7, 11) is 1.69. The summed E-state index contributed by atoms with van der Waals surface area (Å²) >= 11 is 0. The summed E-state index contributed by atoms with van der Waals surface area (Å²) in [5.74, 6) is 3.07. The zero-order valence-corrected chi connectivity index (χ0v) is 18.5. The lowest BCUT2D eigenvalue weighted by Gasteiger charge is -2.22. The molecule has 0 spiro atoms. The average molecular weight is 426 g/mol. The predicted octanol–water partition coefficient (Wildman–Crippen LogP) is 5.07. The van der Waals surface area contributed by atoms with Crippen LogP contribution in [-0.2, 0) is 13.0 Å². The van der Waals surface area contributed by atoms with Crippen molar-refractivity contribution in [3.05, 3.63) is 89.5 Å². The van der Waals surface area contributed by atoms with E-state index in [-0.39, 0.29) is 0 Å². The van der Waals surface area contributed by atoms with Gasteiger partial charge in [-0.05, 0) is 55.5 Å². The summed E-state index contributed by atoms with van der Waals surface area (Å²) in [6.07, 6.45) is 11.1. The number of aryl methyl sites for hydroxylation is 2. The molecule has 0 amide bonds. The van der Waals surface area contributed by atoms with Gasteiger partial charge in [0.15, 0.2) is 5.82 Å². The zero-order valence-electron chi connectivity index (χ0n) is 18.5. The number of aromatic nitrogens is 5. The lowest BCUT2D eigenvalue weighted by atomic mass is 9.92. The first-order valence-electron chi connectivity index (χ1n) is 11.1. The quantitative estimate of drug-likeness (QED) is 0.433. The van der Waals surface area contributed by atoms with Crippen LogP contribution in [0, 0.1) is 6.92 Å². The van der Waals surface area contributed by atoms with Crippen molar-refractivity contribution < 1.29 is 4.74 Å². The van der Waals surface area contributed by atoms with Crippen molar-refractivity contribution in [3.8, 4) is 11.4 Å². The summed E-state index contributed by atoms with van der Waals surface area (Å²) in [6, 6.07) is 16.8. The second-order valence-electron chi connectivity index (χ2n) is 8.27. The molecule has 0 fully saturated rings. The molecule has 2 aromatic carbocycles. The first kappa shape index (κ1) is 20.2. The van der Waals surface area contributed by atoms with Crippen LogP contribution in [0.1, 0.15) is 47.2 Å². The fourth-order valence-electron chi connectivity index (χ4n) is 4.35. The highest BCUT2D eigenvalue weighted by Gasteiger charge is 2.24. The van der Waals surface area contributed by atoms with Crippen molar-refractivity contribution >= 4 is 12.2 Å². The summed E-state index contributed by atoms with van der Waals surface area (Å²) < 4.78 is 9.68. The Hall–Kier alpha value is -3.67. The number of nitrogens with zero attached hydrogens (tertiary/aromatic N) is 5. The van der Waals surface area contributed by atoms with Crippen molar-refractivity contribution in [3.63, 3.8) is 0 Å². The molecule has 6 nitrogen and oxygen atoms in total. The molecule has 162 valence electrons. The number of ether oxygens (including phenoxy) is 1. The molecule has 0 unspecified atom stereocenters. The number of rotatable bonds is 6. The first-order valence-corrected chi connectivity index (χ1v) is 11.1. The Kier molecular flexibility index (Phi) is 5.58. The maximum Gasteiger partial charge on any atom is 0.174 e. The van der Waals surface area contributed by atoms with E-state index < -0.39 is 0 Å². The monoisotopic (exact) mass is 425 g/mol. The molecule has 0 N–H and O–H groups in total. The number of imidazole rings is 1. The van der Waals surface area contributed by atoms with Crippen LogP contribution >= 0.6 is 0 Å². The molecule has 6 heteroatoms. The van der Waals surface area contributed by atoms with Crippen molar-refractivity contribution in [2.75, 3.05) is 7.11 Å². The summed E-state index contributed by atoms with van der Waals surface area (Å²) in [6.45, 7) is 2.91. The number of hydrogen-bond donors (Lipinski definition) is 0. The summed E-state index contributed by atoms with van der Waals surface area (Å²) in [5.41, 5.74) is 4.32. The number of benzene rings is 2. The van der Waals surface area contributed by atoms with Crippen LogP contribution in [0.25, 0.3) is 17.8 Å². The topological polar surface area (TPSA) is 57.8 Å². The zero-order chi connectivity index (χ0) is 21.9. The van der Waals surface area contributed by atoms with Gasteiger partial charge in [0.2, 0.25) is 0 Å². The molecule has 0 aliphatic carbocycles. The van der Waals surface area contributed by atoms with E-state index >= 15 is 0 Å². The first-order chi connectivity index (χ1) is 15.7. The van der Waals surface area contributed by atoms with Gasteiger partial charge in [0, 0.05) is 18.7 Å². The maximum atomic E-state index is 5.62. The van der Waals surface area contributed by atoms with E-state index in [9.17, 15) is 0 Å². The van der Waals surface area contributed by atoms with Crippen LogP contribution < -0.4 is 4.74 Å². The number of hydrogen-bond acceptors (Lipinski definition) is 4. The Labute approximate surface area is 188 Å². The molecule has 1 aliphatic heterocycles. The van der Waals surface area contributed by atoms with Gasteiger partial charge >= 0.3 is 0 Å². The van der Waals surface area contributed by atoms with Crippen molar-refractivity contribution in [2.45, 2.75) is 38.6 Å². The molecule has 0 bridgehead atoms. The van der Waals surface area contributed by atoms with Gasteiger partial charge in [-0.25, -0.2) is 14.6 Å². The van der Waals surface area contributed by atoms with Gasteiger partial charge in [0.1, 0.15) is 11.6 Å². The van der Waals surface area contributed by atoms with Crippen LogP contribution in [0.4, 0.5) is 0 Å². The van der Waals surface area contributed by atoms with Gasteiger partial charge in [-0.15, -0.1) is 0 Å². The molecular weight excluding hydrogens is 398 g/mol. The minimum Gasteiger partial charge on any atom is -0.495 e. The van der Waals surface area contributed by atoms with Gasteiger partial charge in [0.25, 0.3) is 0 Å². The minimum atomic E-state index is 0.416. The Morgan fingerprint density at radius 2 is 2.00 bits per heavy atom. The van der Waals surface area contributed by atoms with E-state index in [0.717, 1.165) is 60.2 Å². The molecule has 1 atom stereocenters. The molecule has 2 aromatic heterocycles. The van der Waals surface area contributed by atoms with Crippen LogP contribution in [-0.4, -0.2) is 31.4 Å². The molecule has 0 saturated heterocycles. The van der Waals surface area contributed by atoms with Crippen LogP contribution in [0.3, 0.4) is 0 Å². The maximum absolute atomic E-state index is 5.62. The normalized spacial score (nSPS) is 15.8. The van der Waals surface area contributed by atoms with Gasteiger partial charge in [-0.2, -0.15) is 5.10 Å². The Morgan fingerprint density at radius 1 is 1.12 bits per heavy atom.